The van der Waals surface area contributed by atoms with Crippen LogP contribution in [0.4, 0.5) is 0 Å². The molecule has 0 spiro atoms. The highest BCUT2D eigenvalue weighted by Crippen LogP contribution is 2.21. The van der Waals surface area contributed by atoms with E-state index in [4.69, 9.17) is 0 Å². The van der Waals surface area contributed by atoms with Crippen LogP contribution >= 0.6 is 0 Å². The van der Waals surface area contributed by atoms with Gasteiger partial charge < -0.3 is 0 Å². The molecular weight excluding hydrogens is 256 g/mol. The molecule has 2 aliphatic carbocycles. The fourth-order valence-corrected chi connectivity index (χ4v) is 3.48. The normalized spacial score (nSPS) is 24.8. The van der Waals surface area contributed by atoms with Gasteiger partial charge in [-0.25, -0.2) is 0 Å². The summed E-state index contributed by atoms with van der Waals surface area (Å²) in [6.45, 7) is 8.27. The van der Waals surface area contributed by atoms with Crippen molar-refractivity contribution in [1.82, 2.24) is 9.80 Å². The fourth-order valence-electron chi connectivity index (χ4n) is 3.48. The van der Waals surface area contributed by atoms with Crippen LogP contribution in [-0.4, -0.2) is 41.6 Å². The van der Waals surface area contributed by atoms with Gasteiger partial charge in [-0.05, 0) is 51.6 Å². The van der Waals surface area contributed by atoms with E-state index in [-0.39, 0.29) is 0 Å². The van der Waals surface area contributed by atoms with E-state index in [1.165, 1.54) is 64.5 Å². The Kier molecular flexibility index (Phi) is 7.52. The number of rotatable bonds is 10. The van der Waals surface area contributed by atoms with Crippen molar-refractivity contribution in [2.45, 2.75) is 77.3 Å². The zero-order chi connectivity index (χ0) is 14.9. The second-order valence-corrected chi connectivity index (χ2v) is 6.62. The Morgan fingerprint density at radius 2 is 1.29 bits per heavy atom. The predicted molar refractivity (Wildman–Crippen MR) is 92.4 cm³/mol. The molecule has 0 heterocycles. The van der Waals surface area contributed by atoms with E-state index in [1.54, 1.807) is 0 Å². The van der Waals surface area contributed by atoms with Crippen LogP contribution in [0, 0.1) is 0 Å². The monoisotopic (exact) mass is 290 g/mol. The van der Waals surface area contributed by atoms with Crippen molar-refractivity contribution in [2.75, 3.05) is 19.8 Å². The highest BCUT2D eigenvalue weighted by Gasteiger charge is 2.24. The van der Waals surface area contributed by atoms with Crippen LogP contribution in [-0.2, 0) is 0 Å². The van der Waals surface area contributed by atoms with Crippen LogP contribution in [0.3, 0.4) is 0 Å². The molecule has 0 aromatic carbocycles. The van der Waals surface area contributed by atoms with E-state index in [2.05, 4.69) is 48.0 Å². The summed E-state index contributed by atoms with van der Waals surface area (Å²) in [7, 11) is 0. The molecule has 0 saturated carbocycles. The predicted octanol–water partition coefficient (Wildman–Crippen LogP) is 4.59. The van der Waals surface area contributed by atoms with Crippen molar-refractivity contribution in [3.8, 4) is 0 Å². The first-order chi connectivity index (χ1) is 10.3. The molecule has 120 valence electrons. The molecule has 0 radical (unpaired) electrons. The zero-order valence-corrected chi connectivity index (χ0v) is 14.1. The summed E-state index contributed by atoms with van der Waals surface area (Å²) in [5.41, 5.74) is 0. The average molecular weight is 290 g/mol. The average Bonchev–Trinajstić information content (AvgIpc) is 3.19. The number of nitrogens with zero attached hydrogens (tertiary/aromatic N) is 2. The first-order valence-corrected chi connectivity index (χ1v) is 9.16. The van der Waals surface area contributed by atoms with Crippen molar-refractivity contribution in [1.29, 1.82) is 0 Å². The Morgan fingerprint density at radius 3 is 1.62 bits per heavy atom. The van der Waals surface area contributed by atoms with Crippen LogP contribution in [0.25, 0.3) is 0 Å². The molecule has 2 heteroatoms. The number of unbranched alkanes of at least 4 members (excludes halogenated alkanes) is 2. The Labute approximate surface area is 131 Å². The van der Waals surface area contributed by atoms with E-state index in [1.807, 2.05) is 0 Å². The van der Waals surface area contributed by atoms with Crippen LogP contribution in [0.5, 0.6) is 0 Å². The summed E-state index contributed by atoms with van der Waals surface area (Å²) >= 11 is 0. The topological polar surface area (TPSA) is 6.48 Å². The maximum Gasteiger partial charge on any atom is 0.0517 e. The van der Waals surface area contributed by atoms with Gasteiger partial charge in [0.05, 0.1) is 6.67 Å². The third-order valence-corrected chi connectivity index (χ3v) is 4.87. The lowest BCUT2D eigenvalue weighted by atomic mass is 10.1. The van der Waals surface area contributed by atoms with Crippen LogP contribution < -0.4 is 0 Å². The Bertz CT molecular complexity index is 302. The smallest absolute Gasteiger partial charge is 0.0517 e. The van der Waals surface area contributed by atoms with Crippen molar-refractivity contribution in [2.24, 2.45) is 0 Å². The third-order valence-electron chi connectivity index (χ3n) is 4.87. The molecule has 0 bridgehead atoms. The molecule has 2 rings (SSSR count). The Hall–Kier alpha value is -0.600. The molecule has 21 heavy (non-hydrogen) atoms. The maximum absolute atomic E-state index is 2.73. The quantitative estimate of drug-likeness (QED) is 0.429. The second-order valence-electron chi connectivity index (χ2n) is 6.62. The van der Waals surface area contributed by atoms with Gasteiger partial charge in [0.15, 0.2) is 0 Å². The molecule has 2 unspecified atom stereocenters. The number of hydrogen-bond acceptors (Lipinski definition) is 2. The summed E-state index contributed by atoms with van der Waals surface area (Å²) in [6.07, 6.45) is 20.1. The second kappa shape index (κ2) is 9.42. The fraction of sp³-hybridized carbons (Fsp3) is 0.789. The molecule has 0 aromatic rings. The molecule has 0 fully saturated rings. The van der Waals surface area contributed by atoms with Gasteiger partial charge in [-0.2, -0.15) is 0 Å². The summed E-state index contributed by atoms with van der Waals surface area (Å²) in [4.78, 5) is 5.46. The standard InChI is InChI=1S/C19H34N2/c1-3-5-15-20(18-11-7-8-12-18)17-21(16-6-4-2)19-13-9-10-14-19/h7,9,11,13,18-19H,3-6,8,10,12,14-17H2,1-2H3. The largest absolute Gasteiger partial charge is 0.284 e. The lowest BCUT2D eigenvalue weighted by Crippen LogP contribution is -2.46. The third kappa shape index (κ3) is 5.27. The van der Waals surface area contributed by atoms with Crippen LogP contribution in [0.15, 0.2) is 24.3 Å². The van der Waals surface area contributed by atoms with Crippen molar-refractivity contribution < 1.29 is 0 Å². The molecule has 2 atom stereocenters. The van der Waals surface area contributed by atoms with Crippen molar-refractivity contribution in [3.63, 3.8) is 0 Å². The van der Waals surface area contributed by atoms with Crippen molar-refractivity contribution in [3.05, 3.63) is 24.3 Å². The molecule has 0 amide bonds. The van der Waals surface area contributed by atoms with E-state index < -0.39 is 0 Å². The lowest BCUT2D eigenvalue weighted by Gasteiger charge is -2.36. The van der Waals surface area contributed by atoms with Gasteiger partial charge in [0.1, 0.15) is 0 Å². The first kappa shape index (κ1) is 16.8. The maximum atomic E-state index is 2.73. The Morgan fingerprint density at radius 1 is 0.810 bits per heavy atom. The van der Waals surface area contributed by atoms with Crippen LogP contribution in [0.1, 0.15) is 65.2 Å². The van der Waals surface area contributed by atoms with E-state index in [0.717, 1.165) is 6.67 Å². The van der Waals surface area contributed by atoms with Gasteiger partial charge in [0, 0.05) is 12.1 Å². The first-order valence-electron chi connectivity index (χ1n) is 9.16. The molecule has 0 saturated heterocycles. The highest BCUT2D eigenvalue weighted by atomic mass is 15.3. The summed E-state index contributed by atoms with van der Waals surface area (Å²) < 4.78 is 0. The van der Waals surface area contributed by atoms with E-state index in [0.29, 0.717) is 12.1 Å². The van der Waals surface area contributed by atoms with Crippen LogP contribution in [0.2, 0.25) is 0 Å². The summed E-state index contributed by atoms with van der Waals surface area (Å²) in [5.74, 6) is 0. The summed E-state index contributed by atoms with van der Waals surface area (Å²) in [5, 5.41) is 0. The molecule has 0 N–H and O–H groups in total. The highest BCUT2D eigenvalue weighted by molar-refractivity contribution is 5.04. The lowest BCUT2D eigenvalue weighted by molar-refractivity contribution is 0.0860. The SMILES string of the molecule is CCCCN(CN(CCCC)C1C=CCC1)C1C=CCC1. The molecular formula is C19H34N2. The van der Waals surface area contributed by atoms with E-state index in [9.17, 15) is 0 Å². The summed E-state index contributed by atoms with van der Waals surface area (Å²) in [6, 6.07) is 1.37. The van der Waals surface area contributed by atoms with Gasteiger partial charge in [-0.15, -0.1) is 0 Å². The van der Waals surface area contributed by atoms with Gasteiger partial charge in [-0.3, -0.25) is 9.80 Å². The molecule has 2 nitrogen and oxygen atoms in total. The van der Waals surface area contributed by atoms with Gasteiger partial charge in [0.2, 0.25) is 0 Å². The number of hydrogen-bond donors (Lipinski definition) is 0. The minimum absolute atomic E-state index is 0.686. The van der Waals surface area contributed by atoms with Gasteiger partial charge >= 0.3 is 0 Å². The minimum atomic E-state index is 0.686. The zero-order valence-electron chi connectivity index (χ0n) is 14.1. The molecule has 0 aromatic heterocycles. The van der Waals surface area contributed by atoms with Gasteiger partial charge in [-0.1, -0.05) is 51.0 Å². The Balaban J connectivity index is 1.95. The minimum Gasteiger partial charge on any atom is -0.284 e. The molecule has 2 aliphatic rings. The van der Waals surface area contributed by atoms with Gasteiger partial charge in [0.25, 0.3) is 0 Å². The van der Waals surface area contributed by atoms with E-state index >= 15 is 0 Å². The molecule has 0 aliphatic heterocycles. The van der Waals surface area contributed by atoms with Crippen molar-refractivity contribution >= 4 is 0 Å². The number of allylic oxidation sites excluding steroid dienone is 2.